The maximum Gasteiger partial charge on any atom is 0.416 e. The SMILES string of the molecule is Cc1ccc(C2(O)OC(=O)C(c3ccc4nsnc4c3)=C2Cc2ccc(C(F)(F)F)cc2)cc1C.O=Cc1ccc(C(F)(F)F)cc1. The van der Waals surface area contributed by atoms with Crippen molar-refractivity contribution in [2.45, 2.75) is 38.4 Å². The zero-order chi connectivity index (χ0) is 34.1. The Morgan fingerprint density at radius 1 is 0.787 bits per heavy atom. The number of aryl methyl sites for hydroxylation is 2. The Morgan fingerprint density at radius 3 is 1.96 bits per heavy atom. The Morgan fingerprint density at radius 2 is 1.38 bits per heavy atom. The van der Waals surface area contributed by atoms with E-state index in [0.29, 0.717) is 34.0 Å². The first-order chi connectivity index (χ1) is 22.1. The van der Waals surface area contributed by atoms with Crippen molar-refractivity contribution in [2.24, 2.45) is 0 Å². The Labute approximate surface area is 268 Å². The second kappa shape index (κ2) is 12.7. The highest BCUT2D eigenvalue weighted by atomic mass is 32.1. The molecule has 5 aromatic rings. The van der Waals surface area contributed by atoms with Crippen molar-refractivity contribution >= 4 is 40.6 Å². The molecule has 1 N–H and O–H groups in total. The number of rotatable bonds is 5. The number of halogens is 6. The van der Waals surface area contributed by atoms with E-state index in [9.17, 15) is 41.0 Å². The third kappa shape index (κ3) is 7.10. The summed E-state index contributed by atoms with van der Waals surface area (Å²) in [7, 11) is 0. The van der Waals surface area contributed by atoms with Crippen molar-refractivity contribution in [3.63, 3.8) is 0 Å². The van der Waals surface area contributed by atoms with Gasteiger partial charge in [-0.2, -0.15) is 35.1 Å². The van der Waals surface area contributed by atoms with Crippen molar-refractivity contribution < 1.29 is 45.8 Å². The molecule has 1 atom stereocenters. The van der Waals surface area contributed by atoms with Crippen molar-refractivity contribution in [3.8, 4) is 0 Å². The van der Waals surface area contributed by atoms with Crippen LogP contribution in [0.3, 0.4) is 0 Å². The van der Waals surface area contributed by atoms with Gasteiger partial charge >= 0.3 is 18.3 Å². The van der Waals surface area contributed by atoms with Gasteiger partial charge in [0.25, 0.3) is 5.79 Å². The summed E-state index contributed by atoms with van der Waals surface area (Å²) in [4.78, 5) is 23.2. The third-order valence-electron chi connectivity index (χ3n) is 7.63. The van der Waals surface area contributed by atoms with Crippen LogP contribution in [-0.4, -0.2) is 26.1 Å². The smallest absolute Gasteiger partial charge is 0.416 e. The van der Waals surface area contributed by atoms with Gasteiger partial charge in [0.05, 0.1) is 28.4 Å². The van der Waals surface area contributed by atoms with E-state index in [4.69, 9.17) is 4.74 Å². The summed E-state index contributed by atoms with van der Waals surface area (Å²) in [5.74, 6) is -2.81. The number of esters is 1. The van der Waals surface area contributed by atoms with E-state index in [-0.39, 0.29) is 23.1 Å². The number of ether oxygens (including phenoxy) is 1. The molecule has 4 aromatic carbocycles. The Bertz CT molecular complexity index is 1980. The molecule has 13 heteroatoms. The average molecular weight is 671 g/mol. The largest absolute Gasteiger partial charge is 0.421 e. The van der Waals surface area contributed by atoms with Gasteiger partial charge in [0, 0.05) is 23.1 Å². The number of fused-ring (bicyclic) bond motifs is 1. The molecule has 2 heterocycles. The summed E-state index contributed by atoms with van der Waals surface area (Å²) in [6, 6.07) is 19.0. The lowest BCUT2D eigenvalue weighted by Gasteiger charge is -2.26. The number of hydrogen-bond acceptors (Lipinski definition) is 7. The number of aldehydes is 1. The van der Waals surface area contributed by atoms with Gasteiger partial charge in [0.15, 0.2) is 0 Å². The molecule has 6 nitrogen and oxygen atoms in total. The highest BCUT2D eigenvalue weighted by Gasteiger charge is 2.48. The second-order valence-electron chi connectivity index (χ2n) is 10.8. The van der Waals surface area contributed by atoms with E-state index < -0.39 is 35.2 Å². The van der Waals surface area contributed by atoms with Crippen LogP contribution in [-0.2, 0) is 34.1 Å². The lowest BCUT2D eigenvalue weighted by molar-refractivity contribution is -0.185. The predicted molar refractivity (Wildman–Crippen MR) is 162 cm³/mol. The van der Waals surface area contributed by atoms with E-state index in [1.807, 2.05) is 19.9 Å². The molecule has 0 spiro atoms. The van der Waals surface area contributed by atoms with Gasteiger partial charge in [0.1, 0.15) is 17.3 Å². The molecule has 1 unspecified atom stereocenters. The topological polar surface area (TPSA) is 89.4 Å². The molecule has 0 saturated heterocycles. The average Bonchev–Trinajstić information content (AvgIpc) is 3.59. The molecule has 47 heavy (non-hydrogen) atoms. The van der Waals surface area contributed by atoms with Gasteiger partial charge < -0.3 is 9.84 Å². The van der Waals surface area contributed by atoms with Gasteiger partial charge in [-0.15, -0.1) is 0 Å². The summed E-state index contributed by atoms with van der Waals surface area (Å²) in [6.45, 7) is 3.80. The number of cyclic esters (lactones) is 1. The number of carbonyl (C=O) groups is 2. The summed E-state index contributed by atoms with van der Waals surface area (Å²) < 4.78 is 88.9. The molecular formula is C34H24F6N2O4S. The first-order valence-corrected chi connectivity index (χ1v) is 14.6. The summed E-state index contributed by atoms with van der Waals surface area (Å²) in [5.41, 5.74) is 3.59. The van der Waals surface area contributed by atoms with Crippen LogP contribution in [0.1, 0.15) is 49.3 Å². The first kappa shape index (κ1) is 33.5. The summed E-state index contributed by atoms with van der Waals surface area (Å²) >= 11 is 1.04. The van der Waals surface area contributed by atoms with Crippen molar-refractivity contribution in [1.82, 2.24) is 8.75 Å². The molecular weight excluding hydrogens is 646 g/mol. The summed E-state index contributed by atoms with van der Waals surface area (Å²) in [6.07, 6.45) is -8.30. The number of hydrogen-bond donors (Lipinski definition) is 1. The van der Waals surface area contributed by atoms with Gasteiger partial charge in [-0.25, -0.2) is 4.79 Å². The molecule has 0 amide bonds. The van der Waals surface area contributed by atoms with Crippen LogP contribution in [0.4, 0.5) is 26.3 Å². The lowest BCUT2D eigenvalue weighted by atomic mass is 9.87. The van der Waals surface area contributed by atoms with Crippen LogP contribution in [0.25, 0.3) is 16.6 Å². The van der Waals surface area contributed by atoms with Gasteiger partial charge in [0.2, 0.25) is 0 Å². The van der Waals surface area contributed by atoms with Crippen LogP contribution >= 0.6 is 11.7 Å². The third-order valence-corrected chi connectivity index (χ3v) is 8.19. The van der Waals surface area contributed by atoms with Crippen molar-refractivity contribution in [1.29, 1.82) is 0 Å². The molecule has 242 valence electrons. The van der Waals surface area contributed by atoms with Crippen molar-refractivity contribution in [3.05, 3.63) is 135 Å². The molecule has 1 aliphatic heterocycles. The highest BCUT2D eigenvalue weighted by molar-refractivity contribution is 7.00. The fourth-order valence-corrected chi connectivity index (χ4v) is 5.45. The second-order valence-corrected chi connectivity index (χ2v) is 11.3. The van der Waals surface area contributed by atoms with Crippen LogP contribution in [0.15, 0.2) is 90.5 Å². The van der Waals surface area contributed by atoms with E-state index in [2.05, 4.69) is 8.75 Å². The van der Waals surface area contributed by atoms with Gasteiger partial charge in [-0.3, -0.25) is 4.79 Å². The van der Waals surface area contributed by atoms with Crippen LogP contribution in [0, 0.1) is 13.8 Å². The number of carbonyl (C=O) groups excluding carboxylic acids is 2. The number of aliphatic hydroxyl groups is 1. The molecule has 0 aliphatic carbocycles. The monoisotopic (exact) mass is 670 g/mol. The molecule has 1 aromatic heterocycles. The van der Waals surface area contributed by atoms with E-state index >= 15 is 0 Å². The Balaban J connectivity index is 0.000000305. The molecule has 0 radical (unpaired) electrons. The van der Waals surface area contributed by atoms with Crippen LogP contribution in [0.2, 0.25) is 0 Å². The molecule has 6 rings (SSSR count). The fraction of sp³-hybridized carbons (Fsp3) is 0.176. The highest BCUT2D eigenvalue weighted by Crippen LogP contribution is 2.45. The Hall–Kier alpha value is -4.88. The van der Waals surface area contributed by atoms with E-state index in [1.165, 1.54) is 12.1 Å². The maximum absolute atomic E-state index is 13.2. The molecule has 0 bridgehead atoms. The molecule has 0 fully saturated rings. The zero-order valence-electron chi connectivity index (χ0n) is 24.6. The predicted octanol–water partition coefficient (Wildman–Crippen LogP) is 8.24. The molecule has 0 saturated carbocycles. The van der Waals surface area contributed by atoms with Crippen molar-refractivity contribution in [2.75, 3.05) is 0 Å². The number of benzene rings is 4. The minimum absolute atomic E-state index is 0.00398. The summed E-state index contributed by atoms with van der Waals surface area (Å²) in [5, 5.41) is 11.8. The lowest BCUT2D eigenvalue weighted by Crippen LogP contribution is -2.30. The van der Waals surface area contributed by atoms with E-state index in [1.54, 1.807) is 30.3 Å². The quantitative estimate of drug-likeness (QED) is 0.115. The minimum Gasteiger partial charge on any atom is -0.421 e. The Kier molecular flexibility index (Phi) is 9.07. The number of alkyl halides is 6. The normalized spacial score (nSPS) is 16.6. The standard InChI is InChI=1S/C26H19F3N2O3S.C8H5F3O/c1-14-3-7-19(11-15(14)2)25(33)20(12-16-4-8-18(9-5-16)26(27,28)29)23(24(32)34-25)17-6-10-21-22(13-17)31-35-30-21;9-8(10,11)7-3-1-6(5-12)2-4-7/h3-11,13,33H,12H2,1-2H3;1-5H. The number of aromatic nitrogens is 2. The first-order valence-electron chi connectivity index (χ1n) is 13.9. The van der Waals surface area contributed by atoms with Crippen LogP contribution < -0.4 is 0 Å². The number of nitrogens with zero attached hydrogens (tertiary/aromatic N) is 2. The minimum atomic E-state index is -4.47. The van der Waals surface area contributed by atoms with E-state index in [0.717, 1.165) is 59.3 Å². The van der Waals surface area contributed by atoms with Gasteiger partial charge in [-0.1, -0.05) is 42.5 Å². The maximum atomic E-state index is 13.2. The molecule has 1 aliphatic rings. The van der Waals surface area contributed by atoms with Crippen LogP contribution in [0.5, 0.6) is 0 Å². The zero-order valence-corrected chi connectivity index (χ0v) is 25.4. The van der Waals surface area contributed by atoms with Gasteiger partial charge in [-0.05, 0) is 78.6 Å². The fourth-order valence-electron chi connectivity index (χ4n) is 4.93.